The van der Waals surface area contributed by atoms with E-state index in [0.29, 0.717) is 24.0 Å². The molecule has 3 rings (SSSR count). The van der Waals surface area contributed by atoms with Gasteiger partial charge in [-0.25, -0.2) is 4.79 Å². The van der Waals surface area contributed by atoms with E-state index in [1.807, 2.05) is 5.32 Å². The monoisotopic (exact) mass is 948 g/mol. The summed E-state index contributed by atoms with van der Waals surface area (Å²) in [6.45, 7) is 0.996. The predicted octanol–water partition coefficient (Wildman–Crippen LogP) is 1.96. The van der Waals surface area contributed by atoms with E-state index in [1.54, 1.807) is 60.7 Å². The van der Waals surface area contributed by atoms with Gasteiger partial charge in [0.05, 0.1) is 12.8 Å². The third-order valence-corrected chi connectivity index (χ3v) is 10.8. The smallest absolute Gasteiger partial charge is 0.391 e. The number of carbonyl (C=O) groups is 10. The fourth-order valence-corrected chi connectivity index (χ4v) is 7.65. The third kappa shape index (κ3) is 19.1. The topological polar surface area (TPSA) is 324 Å². The van der Waals surface area contributed by atoms with Gasteiger partial charge in [-0.15, -0.1) is 0 Å². The molecule has 0 radical (unpaired) electrons. The van der Waals surface area contributed by atoms with Gasteiger partial charge >= 0.3 is 30.1 Å². The van der Waals surface area contributed by atoms with Crippen LogP contribution < -0.4 is 31.9 Å². The van der Waals surface area contributed by atoms with E-state index in [9.17, 15) is 81.5 Å². The molecular weight excluding hydrogens is 894 g/mol. The van der Waals surface area contributed by atoms with Crippen molar-refractivity contribution in [1.29, 1.82) is 0 Å². The maximum atomic E-state index is 14.8. The highest BCUT2D eigenvalue weighted by Gasteiger charge is 2.40. The Bertz CT molecular complexity index is 2020. The number of hydrogen-bond donors (Lipinski definition) is 10. The molecule has 0 saturated heterocycles. The lowest BCUT2D eigenvalue weighted by Gasteiger charge is -2.32. The molecule has 0 aliphatic heterocycles. The first-order valence-corrected chi connectivity index (χ1v) is 21.4. The molecule has 6 atom stereocenters. The zero-order valence-corrected chi connectivity index (χ0v) is 36.4. The summed E-state index contributed by atoms with van der Waals surface area (Å²) in [5, 5.41) is 51.6. The van der Waals surface area contributed by atoms with Gasteiger partial charge in [0.25, 0.3) is 0 Å². The average molecular weight is 949 g/mol. The Balaban J connectivity index is 2.11. The minimum atomic E-state index is -5.01. The Morgan fingerprint density at radius 3 is 1.43 bits per heavy atom. The average Bonchev–Trinajstić information content (AvgIpc) is 3.25. The van der Waals surface area contributed by atoms with Crippen molar-refractivity contribution in [2.24, 2.45) is 5.92 Å². The second-order valence-electron chi connectivity index (χ2n) is 16.1. The summed E-state index contributed by atoms with van der Waals surface area (Å²) in [6.07, 6.45) is -7.38. The molecule has 20 nitrogen and oxygen atoms in total. The Morgan fingerprint density at radius 2 is 0.985 bits per heavy atom. The lowest BCUT2D eigenvalue weighted by atomic mass is 9.84. The minimum absolute atomic E-state index is 0.156. The molecule has 2 aromatic carbocycles. The number of carbonyl (C=O) groups excluding carboxylic acids is 6. The van der Waals surface area contributed by atoms with Crippen LogP contribution in [0.3, 0.4) is 0 Å². The Labute approximate surface area is 382 Å². The number of nitrogens with one attached hydrogen (secondary N) is 6. The van der Waals surface area contributed by atoms with Gasteiger partial charge in [-0.1, -0.05) is 92.8 Å². The molecule has 2 aromatic rings. The number of hydrogen-bond acceptors (Lipinski definition) is 10. The number of alkyl halides is 3. The number of carboxylic acids is 4. The van der Waals surface area contributed by atoms with Crippen LogP contribution in [-0.2, 0) is 47.9 Å². The van der Waals surface area contributed by atoms with E-state index in [0.717, 1.165) is 26.2 Å². The highest BCUT2D eigenvalue weighted by Crippen LogP contribution is 2.30. The van der Waals surface area contributed by atoms with Crippen molar-refractivity contribution in [2.45, 2.75) is 132 Å². The third-order valence-electron chi connectivity index (χ3n) is 10.8. The molecule has 0 bridgehead atoms. The summed E-state index contributed by atoms with van der Waals surface area (Å²) in [6, 6.07) is 4.80. The van der Waals surface area contributed by atoms with Gasteiger partial charge in [-0.2, -0.15) is 13.2 Å². The number of halogens is 3. The fourth-order valence-electron chi connectivity index (χ4n) is 7.65. The normalized spacial score (nSPS) is 15.5. The van der Waals surface area contributed by atoms with Gasteiger partial charge in [0.1, 0.15) is 36.3 Å². The molecule has 1 fully saturated rings. The van der Waals surface area contributed by atoms with Gasteiger partial charge in [-0.05, 0) is 36.3 Å². The van der Waals surface area contributed by atoms with Gasteiger partial charge in [-0.3, -0.25) is 43.2 Å². The maximum Gasteiger partial charge on any atom is 0.391 e. The van der Waals surface area contributed by atoms with Gasteiger partial charge in [0.15, 0.2) is 0 Å². The molecule has 1 aliphatic carbocycles. The van der Waals surface area contributed by atoms with Crippen molar-refractivity contribution in [3.63, 3.8) is 0 Å². The lowest BCUT2D eigenvalue weighted by Crippen LogP contribution is -2.61. The maximum absolute atomic E-state index is 14.8. The molecule has 0 spiro atoms. The van der Waals surface area contributed by atoms with E-state index in [4.69, 9.17) is 0 Å². The zero-order chi connectivity index (χ0) is 49.8. The van der Waals surface area contributed by atoms with Crippen molar-refractivity contribution in [2.75, 3.05) is 0 Å². The molecule has 67 heavy (non-hydrogen) atoms. The van der Waals surface area contributed by atoms with Gasteiger partial charge in [0, 0.05) is 25.7 Å². The first-order chi connectivity index (χ1) is 31.5. The van der Waals surface area contributed by atoms with Crippen LogP contribution in [0.4, 0.5) is 13.2 Å². The van der Waals surface area contributed by atoms with Crippen LogP contribution in [0.15, 0.2) is 60.7 Å². The number of benzene rings is 2. The second kappa shape index (κ2) is 26.2. The van der Waals surface area contributed by atoms with Crippen LogP contribution in [-0.4, -0.2) is 122 Å². The highest BCUT2D eigenvalue weighted by molar-refractivity contribution is 5.98. The quantitative estimate of drug-likeness (QED) is 0.0645. The predicted molar refractivity (Wildman–Crippen MR) is 227 cm³/mol. The Kier molecular flexibility index (Phi) is 21.2. The Morgan fingerprint density at radius 1 is 0.552 bits per heavy atom. The van der Waals surface area contributed by atoms with Crippen LogP contribution in [0.25, 0.3) is 0 Å². The largest absolute Gasteiger partial charge is 0.481 e. The zero-order valence-electron chi connectivity index (χ0n) is 36.4. The van der Waals surface area contributed by atoms with E-state index in [2.05, 4.69) is 26.6 Å². The van der Waals surface area contributed by atoms with Crippen LogP contribution in [0, 0.1) is 5.92 Å². The second-order valence-corrected chi connectivity index (χ2v) is 16.1. The summed E-state index contributed by atoms with van der Waals surface area (Å²) in [7, 11) is 0. The van der Waals surface area contributed by atoms with Crippen LogP contribution >= 0.6 is 0 Å². The number of carboxylic acid groups (broad SMARTS) is 4. The van der Waals surface area contributed by atoms with E-state index in [-0.39, 0.29) is 12.3 Å². The molecule has 6 amide bonds. The molecule has 366 valence electrons. The van der Waals surface area contributed by atoms with Crippen LogP contribution in [0.5, 0.6) is 0 Å². The first-order valence-electron chi connectivity index (χ1n) is 21.4. The number of amides is 6. The summed E-state index contributed by atoms with van der Waals surface area (Å²) in [5.74, 6) is -14.6. The standard InChI is InChI=1S/C44H55F3N6O14/c1-24(54)48-31(22-35(59)60)41(64)49-29(18-20-34(57)58)39(62)53-37(36(26-13-7-3-8-14-26)27-15-9-4-10-16-27)42(65)50-28(17-19-33(55)56)38(61)51-30(21-25-11-5-2-6-12-25)40(63)52-32(43(66)67)23-44(45,46)47/h3-4,7-10,13-16,25,28-32,36-37H,2,5-6,11-12,17-23H2,1H3,(H,48,54)(H,49,64)(H,50,65)(H,51,61)(H,52,63)(H,53,62)(H,55,56)(H,57,58)(H,59,60)(H,66,67)/t28?,29?,30-,31-,32?,37?/m0/s1. The fraction of sp³-hybridized carbons (Fsp3) is 0.500. The molecule has 1 aliphatic rings. The molecule has 1 saturated carbocycles. The van der Waals surface area contributed by atoms with Crippen molar-refractivity contribution in [1.82, 2.24) is 31.9 Å². The molecule has 23 heteroatoms. The first kappa shape index (κ1) is 54.3. The van der Waals surface area contributed by atoms with E-state index >= 15 is 0 Å². The van der Waals surface area contributed by atoms with E-state index in [1.165, 1.54) is 0 Å². The number of aliphatic carboxylic acids is 4. The summed E-state index contributed by atoms with van der Waals surface area (Å²) < 4.78 is 39.9. The van der Waals surface area contributed by atoms with Crippen LogP contribution in [0.2, 0.25) is 0 Å². The number of rotatable bonds is 26. The van der Waals surface area contributed by atoms with Crippen molar-refractivity contribution in [3.05, 3.63) is 71.8 Å². The highest BCUT2D eigenvalue weighted by atomic mass is 19.4. The summed E-state index contributed by atoms with van der Waals surface area (Å²) in [5.41, 5.74) is 0.769. The Hall–Kier alpha value is -7.07. The molecule has 0 aromatic heterocycles. The molecular formula is C44H55F3N6O14. The molecule has 0 heterocycles. The summed E-state index contributed by atoms with van der Waals surface area (Å²) in [4.78, 5) is 129. The van der Waals surface area contributed by atoms with Crippen molar-refractivity contribution < 1.29 is 81.5 Å². The van der Waals surface area contributed by atoms with Crippen molar-refractivity contribution in [3.8, 4) is 0 Å². The molecule has 4 unspecified atom stereocenters. The van der Waals surface area contributed by atoms with Crippen LogP contribution in [0.1, 0.15) is 101 Å². The van der Waals surface area contributed by atoms with Gasteiger partial charge < -0.3 is 52.3 Å². The SMILES string of the molecule is CC(=O)N[C@@H](CC(=O)O)C(=O)NC(CCC(=O)O)C(=O)NC(C(=O)NC(CCC(=O)O)C(=O)N[C@@H](CC1CCCCC1)C(=O)NC(CC(F)(F)F)C(=O)O)C(c1ccccc1)c1ccccc1. The van der Waals surface area contributed by atoms with E-state index < -0.39 is 146 Å². The molecule has 10 N–H and O–H groups in total. The van der Waals surface area contributed by atoms with Crippen molar-refractivity contribution >= 4 is 59.3 Å². The summed E-state index contributed by atoms with van der Waals surface area (Å²) >= 11 is 0. The minimum Gasteiger partial charge on any atom is -0.481 e. The van der Waals surface area contributed by atoms with Gasteiger partial charge in [0.2, 0.25) is 35.4 Å². The lowest BCUT2D eigenvalue weighted by molar-refractivity contribution is -0.160.